The summed E-state index contributed by atoms with van der Waals surface area (Å²) >= 11 is 1.50. The van der Waals surface area contributed by atoms with Gasteiger partial charge in [0.25, 0.3) is 5.91 Å². The first-order valence-corrected chi connectivity index (χ1v) is 9.83. The Hall–Kier alpha value is -2.40. The van der Waals surface area contributed by atoms with Gasteiger partial charge in [-0.1, -0.05) is 50.7 Å². The van der Waals surface area contributed by atoms with Crippen LogP contribution in [0.1, 0.15) is 55.5 Å². The van der Waals surface area contributed by atoms with Gasteiger partial charge in [-0.25, -0.2) is 4.98 Å². The topological polar surface area (TPSA) is 51.2 Å². The molecule has 136 valence electrons. The number of thiazole rings is 1. The second-order valence-electron chi connectivity index (χ2n) is 6.58. The van der Waals surface area contributed by atoms with Crippen molar-refractivity contribution in [1.82, 2.24) is 4.98 Å². The summed E-state index contributed by atoms with van der Waals surface area (Å²) < 4.78 is 6.76. The molecule has 2 aromatic carbocycles. The van der Waals surface area contributed by atoms with Crippen LogP contribution in [0.15, 0.2) is 42.5 Å². The molecule has 0 unspecified atom stereocenters. The summed E-state index contributed by atoms with van der Waals surface area (Å²) in [6, 6.07) is 13.5. The zero-order valence-electron chi connectivity index (χ0n) is 15.4. The second kappa shape index (κ2) is 8.32. The summed E-state index contributed by atoms with van der Waals surface area (Å²) in [5, 5.41) is 3.52. The molecule has 1 aromatic heterocycles. The molecule has 5 heteroatoms. The number of benzene rings is 2. The van der Waals surface area contributed by atoms with Gasteiger partial charge in [-0.3, -0.25) is 10.1 Å². The molecule has 0 aliphatic rings. The number of anilines is 1. The van der Waals surface area contributed by atoms with Crippen molar-refractivity contribution in [2.75, 3.05) is 11.9 Å². The number of nitrogens with one attached hydrogen (secondary N) is 1. The lowest BCUT2D eigenvalue weighted by Gasteiger charge is -2.07. The first kappa shape index (κ1) is 18.4. The van der Waals surface area contributed by atoms with Crippen molar-refractivity contribution in [3.05, 3.63) is 53.6 Å². The minimum atomic E-state index is -0.172. The molecule has 0 fully saturated rings. The van der Waals surface area contributed by atoms with E-state index in [1.807, 2.05) is 18.2 Å². The summed E-state index contributed by atoms with van der Waals surface area (Å²) in [5.74, 6) is 1.01. The highest BCUT2D eigenvalue weighted by atomic mass is 32.1. The molecule has 3 aromatic rings. The minimum Gasteiger partial charge on any atom is -0.494 e. The lowest BCUT2D eigenvalue weighted by Crippen LogP contribution is -2.11. The van der Waals surface area contributed by atoms with Crippen LogP contribution in [0.3, 0.4) is 0 Å². The van der Waals surface area contributed by atoms with Crippen molar-refractivity contribution >= 4 is 32.6 Å². The monoisotopic (exact) mass is 368 g/mol. The van der Waals surface area contributed by atoms with Gasteiger partial charge in [-0.2, -0.15) is 0 Å². The predicted octanol–water partition coefficient (Wildman–Crippen LogP) is 5.85. The first-order chi connectivity index (χ1) is 12.6. The van der Waals surface area contributed by atoms with Crippen LogP contribution in [0.4, 0.5) is 5.13 Å². The molecule has 0 radical (unpaired) electrons. The Bertz CT molecular complexity index is 902. The Morgan fingerprint density at radius 1 is 1.23 bits per heavy atom. The maximum atomic E-state index is 12.5. The molecular formula is C21H24N2O2S. The van der Waals surface area contributed by atoms with E-state index in [4.69, 9.17) is 4.74 Å². The van der Waals surface area contributed by atoms with E-state index in [0.29, 0.717) is 23.2 Å². The van der Waals surface area contributed by atoms with Gasteiger partial charge in [0.1, 0.15) is 5.75 Å². The number of carbonyl (C=O) groups excluding carboxylic acids is 1. The molecular weight excluding hydrogens is 344 g/mol. The van der Waals surface area contributed by atoms with Gasteiger partial charge in [0.05, 0.1) is 16.8 Å². The molecule has 0 saturated heterocycles. The van der Waals surface area contributed by atoms with Crippen molar-refractivity contribution in [3.63, 3.8) is 0 Å². The zero-order chi connectivity index (χ0) is 18.5. The molecule has 0 saturated carbocycles. The quantitative estimate of drug-likeness (QED) is 0.532. The molecule has 3 rings (SSSR count). The number of nitrogens with zero attached hydrogens (tertiary/aromatic N) is 1. The molecule has 1 heterocycles. The second-order valence-corrected chi connectivity index (χ2v) is 7.62. The maximum absolute atomic E-state index is 12.5. The SMILES string of the molecule is CCCCOc1cccc(C(=O)Nc2nc3ccc(C(C)C)cc3s2)c1. The van der Waals surface area contributed by atoms with E-state index < -0.39 is 0 Å². The van der Waals surface area contributed by atoms with Gasteiger partial charge >= 0.3 is 0 Å². The number of unbranched alkanes of at least 4 members (excludes halogenated alkanes) is 1. The third-order valence-electron chi connectivity index (χ3n) is 4.16. The van der Waals surface area contributed by atoms with Crippen molar-refractivity contribution in [2.45, 2.75) is 39.5 Å². The molecule has 1 N–H and O–H groups in total. The first-order valence-electron chi connectivity index (χ1n) is 9.01. The number of hydrogen-bond acceptors (Lipinski definition) is 4. The summed E-state index contributed by atoms with van der Waals surface area (Å²) in [4.78, 5) is 17.1. The van der Waals surface area contributed by atoms with E-state index in [-0.39, 0.29) is 5.91 Å². The fraction of sp³-hybridized carbons (Fsp3) is 0.333. The molecule has 26 heavy (non-hydrogen) atoms. The van der Waals surface area contributed by atoms with Crippen LogP contribution in [-0.2, 0) is 0 Å². The van der Waals surface area contributed by atoms with Gasteiger partial charge in [0.2, 0.25) is 0 Å². The van der Waals surface area contributed by atoms with Crippen LogP contribution in [0.5, 0.6) is 5.75 Å². The smallest absolute Gasteiger partial charge is 0.257 e. The highest BCUT2D eigenvalue weighted by Crippen LogP contribution is 2.29. The summed E-state index contributed by atoms with van der Waals surface area (Å²) in [6.45, 7) is 7.12. The number of ether oxygens (including phenoxy) is 1. The highest BCUT2D eigenvalue weighted by molar-refractivity contribution is 7.22. The zero-order valence-corrected chi connectivity index (χ0v) is 16.2. The third kappa shape index (κ3) is 4.41. The van der Waals surface area contributed by atoms with Crippen molar-refractivity contribution in [2.24, 2.45) is 0 Å². The Balaban J connectivity index is 1.73. The van der Waals surface area contributed by atoms with E-state index in [2.05, 4.69) is 43.2 Å². The molecule has 1 amide bonds. The van der Waals surface area contributed by atoms with E-state index in [1.54, 1.807) is 12.1 Å². The number of fused-ring (bicyclic) bond motifs is 1. The lowest BCUT2D eigenvalue weighted by atomic mass is 10.0. The highest BCUT2D eigenvalue weighted by Gasteiger charge is 2.12. The van der Waals surface area contributed by atoms with Crippen LogP contribution in [0.25, 0.3) is 10.2 Å². The number of aromatic nitrogens is 1. The third-order valence-corrected chi connectivity index (χ3v) is 5.10. The Morgan fingerprint density at radius 2 is 2.08 bits per heavy atom. The predicted molar refractivity (Wildman–Crippen MR) is 109 cm³/mol. The van der Waals surface area contributed by atoms with Crippen LogP contribution in [0, 0.1) is 0 Å². The molecule has 0 bridgehead atoms. The lowest BCUT2D eigenvalue weighted by molar-refractivity contribution is 0.102. The molecule has 4 nitrogen and oxygen atoms in total. The number of rotatable bonds is 7. The van der Waals surface area contributed by atoms with Gasteiger partial charge < -0.3 is 4.74 Å². The van der Waals surface area contributed by atoms with Crippen molar-refractivity contribution in [1.29, 1.82) is 0 Å². The largest absolute Gasteiger partial charge is 0.494 e. The molecule has 0 atom stereocenters. The van der Waals surface area contributed by atoms with Crippen LogP contribution < -0.4 is 10.1 Å². The van der Waals surface area contributed by atoms with Gasteiger partial charge in [-0.15, -0.1) is 0 Å². The fourth-order valence-corrected chi connectivity index (χ4v) is 3.49. The summed E-state index contributed by atoms with van der Waals surface area (Å²) in [6.07, 6.45) is 2.08. The molecule has 0 aliphatic heterocycles. The van der Waals surface area contributed by atoms with E-state index >= 15 is 0 Å². The average molecular weight is 369 g/mol. The van der Waals surface area contributed by atoms with Crippen molar-refractivity contribution in [3.8, 4) is 5.75 Å². The summed E-state index contributed by atoms with van der Waals surface area (Å²) in [5.41, 5.74) is 2.75. The Labute approximate surface area is 158 Å². The van der Waals surface area contributed by atoms with Gasteiger partial charge in [0.15, 0.2) is 5.13 Å². The standard InChI is InChI=1S/C21H24N2O2S/c1-4-5-11-25-17-8-6-7-16(12-17)20(24)23-21-22-18-10-9-15(14(2)3)13-19(18)26-21/h6-10,12-14H,4-5,11H2,1-3H3,(H,22,23,24). The number of amides is 1. The Morgan fingerprint density at radius 3 is 2.85 bits per heavy atom. The van der Waals surface area contributed by atoms with Crippen LogP contribution >= 0.6 is 11.3 Å². The van der Waals surface area contributed by atoms with Crippen molar-refractivity contribution < 1.29 is 9.53 Å². The van der Waals surface area contributed by atoms with E-state index in [0.717, 1.165) is 28.8 Å². The van der Waals surface area contributed by atoms with E-state index in [1.165, 1.54) is 16.9 Å². The van der Waals surface area contributed by atoms with Gasteiger partial charge in [-0.05, 0) is 48.2 Å². The normalized spacial score (nSPS) is 11.1. The summed E-state index contributed by atoms with van der Waals surface area (Å²) in [7, 11) is 0. The number of carbonyl (C=O) groups is 1. The van der Waals surface area contributed by atoms with Crippen LogP contribution in [0.2, 0.25) is 0 Å². The van der Waals surface area contributed by atoms with E-state index in [9.17, 15) is 4.79 Å². The van der Waals surface area contributed by atoms with Gasteiger partial charge in [0, 0.05) is 5.56 Å². The fourth-order valence-electron chi connectivity index (χ4n) is 2.58. The average Bonchev–Trinajstić information content (AvgIpc) is 3.03. The minimum absolute atomic E-state index is 0.172. The maximum Gasteiger partial charge on any atom is 0.257 e. The molecule has 0 aliphatic carbocycles. The molecule has 0 spiro atoms. The van der Waals surface area contributed by atoms with Crippen LogP contribution in [-0.4, -0.2) is 17.5 Å². The number of hydrogen-bond donors (Lipinski definition) is 1. The Kier molecular flexibility index (Phi) is 5.89.